The van der Waals surface area contributed by atoms with E-state index in [1.165, 1.54) is 10.4 Å². The lowest BCUT2D eigenvalue weighted by Gasteiger charge is -2.27. The highest BCUT2D eigenvalue weighted by Gasteiger charge is 2.23. The lowest BCUT2D eigenvalue weighted by molar-refractivity contribution is 0.506. The van der Waals surface area contributed by atoms with Crippen molar-refractivity contribution in [3.8, 4) is 0 Å². The Morgan fingerprint density at radius 1 is 1.29 bits per heavy atom. The second-order valence-corrected chi connectivity index (χ2v) is 8.18. The molecule has 0 unspecified atom stereocenters. The monoisotopic (exact) mass is 522 g/mol. The number of hydrogen-bond acceptors (Lipinski definition) is 3. The Hall–Kier alpha value is -0.670. The van der Waals surface area contributed by atoms with E-state index in [2.05, 4.69) is 75.5 Å². The quantitative estimate of drug-likeness (QED) is 0.346. The van der Waals surface area contributed by atoms with Crippen molar-refractivity contribution in [2.75, 3.05) is 13.6 Å². The van der Waals surface area contributed by atoms with Crippen LogP contribution >= 0.6 is 51.2 Å². The highest BCUT2D eigenvalue weighted by Crippen LogP contribution is 2.29. The Balaban J connectivity index is 0.00000288. The van der Waals surface area contributed by atoms with Gasteiger partial charge in [0.25, 0.3) is 0 Å². The SMILES string of the molecule is CN=C(NCc1ncc(C)s1)NCC(C)(C)c1ccccc1Br.I. The molecular formula is C17H24BrIN4S. The van der Waals surface area contributed by atoms with Gasteiger partial charge >= 0.3 is 0 Å². The molecule has 1 heterocycles. The number of aliphatic imine (C=N–C) groups is 1. The van der Waals surface area contributed by atoms with Gasteiger partial charge in [0.1, 0.15) is 5.01 Å². The van der Waals surface area contributed by atoms with Crippen molar-refractivity contribution in [1.82, 2.24) is 15.6 Å². The molecule has 2 N–H and O–H groups in total. The molecule has 0 bridgehead atoms. The first-order valence-electron chi connectivity index (χ1n) is 7.53. The zero-order valence-electron chi connectivity index (χ0n) is 14.4. The summed E-state index contributed by atoms with van der Waals surface area (Å²) in [5.74, 6) is 0.790. The summed E-state index contributed by atoms with van der Waals surface area (Å²) in [6.45, 7) is 7.98. The van der Waals surface area contributed by atoms with Gasteiger partial charge in [-0.3, -0.25) is 4.99 Å². The first-order chi connectivity index (χ1) is 10.9. The molecule has 24 heavy (non-hydrogen) atoms. The lowest BCUT2D eigenvalue weighted by atomic mass is 9.84. The van der Waals surface area contributed by atoms with Crippen LogP contribution in [0.1, 0.15) is 29.3 Å². The number of nitrogens with one attached hydrogen (secondary N) is 2. The van der Waals surface area contributed by atoms with Crippen molar-refractivity contribution in [3.05, 3.63) is 50.4 Å². The van der Waals surface area contributed by atoms with E-state index in [4.69, 9.17) is 0 Å². The van der Waals surface area contributed by atoms with Crippen LogP contribution in [0.5, 0.6) is 0 Å². The van der Waals surface area contributed by atoms with Gasteiger partial charge in [0.15, 0.2) is 5.96 Å². The average molecular weight is 523 g/mol. The van der Waals surface area contributed by atoms with E-state index in [0.29, 0.717) is 6.54 Å². The molecule has 0 aliphatic carbocycles. The summed E-state index contributed by atoms with van der Waals surface area (Å²) in [4.78, 5) is 9.87. The van der Waals surface area contributed by atoms with E-state index in [-0.39, 0.29) is 29.4 Å². The summed E-state index contributed by atoms with van der Waals surface area (Å²) >= 11 is 5.34. The van der Waals surface area contributed by atoms with Crippen LogP contribution in [0.2, 0.25) is 0 Å². The molecule has 132 valence electrons. The zero-order chi connectivity index (χ0) is 16.9. The topological polar surface area (TPSA) is 49.3 Å². The highest BCUT2D eigenvalue weighted by atomic mass is 127. The third-order valence-corrected chi connectivity index (χ3v) is 5.20. The van der Waals surface area contributed by atoms with Crippen LogP contribution in [-0.2, 0) is 12.0 Å². The van der Waals surface area contributed by atoms with Gasteiger partial charge in [0.2, 0.25) is 0 Å². The Morgan fingerprint density at radius 3 is 2.58 bits per heavy atom. The maximum Gasteiger partial charge on any atom is 0.191 e. The highest BCUT2D eigenvalue weighted by molar-refractivity contribution is 14.0. The molecule has 2 rings (SSSR count). The van der Waals surface area contributed by atoms with E-state index in [0.717, 1.165) is 22.0 Å². The molecule has 1 aromatic heterocycles. The van der Waals surface area contributed by atoms with Crippen molar-refractivity contribution in [2.24, 2.45) is 4.99 Å². The van der Waals surface area contributed by atoms with Gasteiger partial charge in [-0.1, -0.05) is 48.0 Å². The van der Waals surface area contributed by atoms with Crippen LogP contribution in [0.4, 0.5) is 0 Å². The average Bonchev–Trinajstić information content (AvgIpc) is 2.93. The molecule has 0 amide bonds. The number of nitrogens with zero attached hydrogens (tertiary/aromatic N) is 2. The summed E-state index contributed by atoms with van der Waals surface area (Å²) in [6, 6.07) is 8.34. The van der Waals surface area contributed by atoms with Gasteiger partial charge in [-0.25, -0.2) is 4.98 Å². The van der Waals surface area contributed by atoms with E-state index in [9.17, 15) is 0 Å². The van der Waals surface area contributed by atoms with Gasteiger partial charge in [0, 0.05) is 34.6 Å². The predicted molar refractivity (Wildman–Crippen MR) is 118 cm³/mol. The molecule has 1 aromatic carbocycles. The summed E-state index contributed by atoms with van der Waals surface area (Å²) in [5, 5.41) is 7.79. The summed E-state index contributed by atoms with van der Waals surface area (Å²) in [7, 11) is 1.79. The number of halogens is 2. The fourth-order valence-electron chi connectivity index (χ4n) is 2.27. The van der Waals surface area contributed by atoms with Crippen LogP contribution < -0.4 is 10.6 Å². The minimum Gasteiger partial charge on any atom is -0.356 e. The second-order valence-electron chi connectivity index (χ2n) is 6.01. The van der Waals surface area contributed by atoms with Gasteiger partial charge in [0.05, 0.1) is 6.54 Å². The molecule has 0 aliphatic heterocycles. The number of thiazole rings is 1. The Labute approximate surface area is 173 Å². The first kappa shape index (κ1) is 21.4. The standard InChI is InChI=1S/C17H23BrN4S.HI/c1-12-9-20-15(23-12)10-21-16(19-4)22-11-17(2,3)13-7-5-6-8-14(13)18;/h5-9H,10-11H2,1-4H3,(H2,19,21,22);1H. The van der Waals surface area contributed by atoms with Crippen molar-refractivity contribution >= 4 is 57.2 Å². The minimum atomic E-state index is -0.0184. The Kier molecular flexibility index (Phi) is 8.66. The van der Waals surface area contributed by atoms with Gasteiger partial charge < -0.3 is 10.6 Å². The number of guanidine groups is 1. The third kappa shape index (κ3) is 6.00. The van der Waals surface area contributed by atoms with Crippen LogP contribution in [0.3, 0.4) is 0 Å². The van der Waals surface area contributed by atoms with Crippen molar-refractivity contribution in [2.45, 2.75) is 32.7 Å². The maximum atomic E-state index is 4.36. The molecule has 7 heteroatoms. The molecule has 0 saturated heterocycles. The fraction of sp³-hybridized carbons (Fsp3) is 0.412. The lowest BCUT2D eigenvalue weighted by Crippen LogP contribution is -2.43. The normalized spacial score (nSPS) is 11.8. The Morgan fingerprint density at radius 2 is 2.00 bits per heavy atom. The third-order valence-electron chi connectivity index (χ3n) is 3.60. The molecule has 0 saturated carbocycles. The summed E-state index contributed by atoms with van der Waals surface area (Å²) in [5.41, 5.74) is 1.26. The number of aryl methyl sites for hydroxylation is 1. The first-order valence-corrected chi connectivity index (χ1v) is 9.14. The number of benzene rings is 1. The van der Waals surface area contributed by atoms with Crippen LogP contribution in [0, 0.1) is 6.92 Å². The molecule has 0 aliphatic rings. The maximum absolute atomic E-state index is 4.36. The smallest absolute Gasteiger partial charge is 0.191 e. The molecule has 0 radical (unpaired) electrons. The zero-order valence-corrected chi connectivity index (χ0v) is 19.1. The van der Waals surface area contributed by atoms with Crippen molar-refractivity contribution in [1.29, 1.82) is 0 Å². The fourth-order valence-corrected chi connectivity index (χ4v) is 3.82. The van der Waals surface area contributed by atoms with Crippen LogP contribution in [-0.4, -0.2) is 24.5 Å². The number of rotatable bonds is 5. The molecule has 0 atom stereocenters. The van der Waals surface area contributed by atoms with Crippen LogP contribution in [0.25, 0.3) is 0 Å². The summed E-state index contributed by atoms with van der Waals surface area (Å²) in [6.07, 6.45) is 1.90. The predicted octanol–water partition coefficient (Wildman–Crippen LogP) is 4.47. The largest absolute Gasteiger partial charge is 0.356 e. The minimum absolute atomic E-state index is 0. The molecular weight excluding hydrogens is 499 g/mol. The molecule has 0 fully saturated rings. The van der Waals surface area contributed by atoms with E-state index >= 15 is 0 Å². The summed E-state index contributed by atoms with van der Waals surface area (Å²) < 4.78 is 1.13. The van der Waals surface area contributed by atoms with Crippen molar-refractivity contribution in [3.63, 3.8) is 0 Å². The van der Waals surface area contributed by atoms with Gasteiger partial charge in [-0.2, -0.15) is 0 Å². The van der Waals surface area contributed by atoms with Gasteiger partial charge in [-0.15, -0.1) is 35.3 Å². The van der Waals surface area contributed by atoms with E-state index < -0.39 is 0 Å². The van der Waals surface area contributed by atoms with Crippen molar-refractivity contribution < 1.29 is 0 Å². The van der Waals surface area contributed by atoms with E-state index in [1.54, 1.807) is 18.4 Å². The van der Waals surface area contributed by atoms with Gasteiger partial charge in [-0.05, 0) is 18.6 Å². The number of hydrogen-bond donors (Lipinski definition) is 2. The molecule has 0 spiro atoms. The van der Waals surface area contributed by atoms with E-state index in [1.807, 2.05) is 12.3 Å². The molecule has 2 aromatic rings. The van der Waals surface area contributed by atoms with Crippen LogP contribution in [0.15, 0.2) is 39.9 Å². The Bertz CT molecular complexity index is 685. The molecule has 4 nitrogen and oxygen atoms in total. The number of aromatic nitrogens is 1. The second kappa shape index (κ2) is 9.72.